The standard InChI is InChI=1S/Fe.Ni.H2S.Zn/h;;1H2;. The van der Waals surface area contributed by atoms with Crippen LogP contribution < -0.4 is 0 Å². The van der Waals surface area contributed by atoms with E-state index in [-0.39, 0.29) is 66.5 Å². The van der Waals surface area contributed by atoms with Gasteiger partial charge < -0.3 is 0 Å². The first-order valence-corrected chi connectivity index (χ1v) is 0. The van der Waals surface area contributed by atoms with Crippen molar-refractivity contribution >= 4 is 13.5 Å². The second-order valence-electron chi connectivity index (χ2n) is 0. The van der Waals surface area contributed by atoms with Crippen LogP contribution in [0.2, 0.25) is 0 Å². The van der Waals surface area contributed by atoms with E-state index < -0.39 is 0 Å². The summed E-state index contributed by atoms with van der Waals surface area (Å²) in [7, 11) is 0. The second-order valence-corrected chi connectivity index (χ2v) is 0. The van der Waals surface area contributed by atoms with Crippen LogP contribution >= 0.6 is 13.5 Å². The quantitative estimate of drug-likeness (QED) is 0.502. The molecule has 0 rings (SSSR count). The first-order valence-electron chi connectivity index (χ1n) is 0. The van der Waals surface area contributed by atoms with Crippen LogP contribution in [0.4, 0.5) is 0 Å². The van der Waals surface area contributed by atoms with Gasteiger partial charge in [0.15, 0.2) is 0 Å². The Kier molecular flexibility index (Phi) is 189. The SMILES string of the molecule is S.[Fe].[Ni].[Zn]. The van der Waals surface area contributed by atoms with Crippen molar-refractivity contribution in [2.75, 3.05) is 0 Å². The average Bonchev–Trinajstić information content (AvgIpc) is 0. The number of rotatable bonds is 0. The van der Waals surface area contributed by atoms with E-state index in [4.69, 9.17) is 0 Å². The summed E-state index contributed by atoms with van der Waals surface area (Å²) in [4.78, 5) is 0. The van der Waals surface area contributed by atoms with Crippen LogP contribution in [0.5, 0.6) is 0 Å². The molecule has 4 heteroatoms. The molecule has 0 aromatic heterocycles. The van der Waals surface area contributed by atoms with Crippen molar-refractivity contribution in [2.24, 2.45) is 0 Å². The molecule has 0 atom stereocenters. The summed E-state index contributed by atoms with van der Waals surface area (Å²) >= 11 is 0. The molecular formula is H2FeNiSZn. The predicted molar refractivity (Wildman–Crippen MR) is 10.4 cm³/mol. The molecule has 0 unspecified atom stereocenters. The largest absolute Gasteiger partial charge is 0.197 e. The van der Waals surface area contributed by atoms with Gasteiger partial charge >= 0.3 is 0 Å². The van der Waals surface area contributed by atoms with Crippen molar-refractivity contribution < 1.29 is 53.0 Å². The molecule has 0 saturated heterocycles. The van der Waals surface area contributed by atoms with E-state index in [2.05, 4.69) is 0 Å². The van der Waals surface area contributed by atoms with E-state index in [0.717, 1.165) is 0 Å². The van der Waals surface area contributed by atoms with Crippen molar-refractivity contribution in [3.63, 3.8) is 0 Å². The zero-order chi connectivity index (χ0) is 0. The maximum absolute atomic E-state index is 0. The van der Waals surface area contributed by atoms with Crippen molar-refractivity contribution in [1.82, 2.24) is 0 Å². The molecule has 0 aromatic rings. The smallest absolute Gasteiger partial charge is 0 e. The molecule has 0 spiro atoms. The molecule has 0 aliphatic rings. The fourth-order valence-corrected chi connectivity index (χ4v) is 0. The maximum atomic E-state index is 0. The van der Waals surface area contributed by atoms with Gasteiger partial charge in [-0.25, -0.2) is 0 Å². The van der Waals surface area contributed by atoms with Gasteiger partial charge in [-0.1, -0.05) is 0 Å². The van der Waals surface area contributed by atoms with Crippen LogP contribution in [0.3, 0.4) is 0 Å². The zero-order valence-electron chi connectivity index (χ0n) is 1.88. The molecule has 0 aliphatic heterocycles. The van der Waals surface area contributed by atoms with Gasteiger partial charge in [0.1, 0.15) is 0 Å². The first kappa shape index (κ1) is 37.7. The Balaban J connectivity index is 0. The van der Waals surface area contributed by atoms with Gasteiger partial charge in [-0.05, 0) is 0 Å². The Bertz CT molecular complexity index is 8.00. The molecule has 0 saturated carbocycles. The van der Waals surface area contributed by atoms with Gasteiger partial charge in [-0.2, -0.15) is 13.5 Å². The molecule has 0 aliphatic carbocycles. The third-order valence-electron chi connectivity index (χ3n) is 0. The molecule has 28 valence electrons. The second kappa shape index (κ2) is 20.1. The van der Waals surface area contributed by atoms with Gasteiger partial charge in [0, 0.05) is 53.0 Å². The van der Waals surface area contributed by atoms with Crippen LogP contribution in [-0.4, -0.2) is 0 Å². The zero-order valence-corrected chi connectivity index (χ0v) is 7.94. The number of hydrogen-bond acceptors (Lipinski definition) is 0. The third kappa shape index (κ3) is 9.01. The van der Waals surface area contributed by atoms with Crippen LogP contribution in [-0.2, 0) is 53.0 Å². The minimum absolute atomic E-state index is 0. The monoisotopic (exact) mass is 212 g/mol. The Morgan fingerprint density at radius 3 is 1.00 bits per heavy atom. The summed E-state index contributed by atoms with van der Waals surface area (Å²) in [5, 5.41) is 0. The molecule has 0 N–H and O–H groups in total. The minimum Gasteiger partial charge on any atom is -0.197 e. The summed E-state index contributed by atoms with van der Waals surface area (Å²) in [6.45, 7) is 0. The van der Waals surface area contributed by atoms with E-state index in [1.165, 1.54) is 0 Å². The Labute approximate surface area is 66.1 Å². The van der Waals surface area contributed by atoms with Crippen molar-refractivity contribution in [1.29, 1.82) is 0 Å². The molecule has 0 fully saturated rings. The molecule has 0 radical (unpaired) electrons. The molecule has 0 amide bonds. The summed E-state index contributed by atoms with van der Waals surface area (Å²) < 4.78 is 0. The van der Waals surface area contributed by atoms with Crippen LogP contribution in [0.15, 0.2) is 0 Å². The maximum Gasteiger partial charge on any atom is 0 e. The fraction of sp³-hybridized carbons (Fsp3) is 0. The molecule has 0 bridgehead atoms. The minimum atomic E-state index is 0. The summed E-state index contributed by atoms with van der Waals surface area (Å²) in [5.41, 5.74) is 0. The third-order valence-corrected chi connectivity index (χ3v) is 0. The summed E-state index contributed by atoms with van der Waals surface area (Å²) in [6, 6.07) is 0. The number of hydrogen-bond donors (Lipinski definition) is 0. The van der Waals surface area contributed by atoms with E-state index in [9.17, 15) is 0 Å². The van der Waals surface area contributed by atoms with Gasteiger partial charge in [0.2, 0.25) is 0 Å². The van der Waals surface area contributed by atoms with E-state index in [0.29, 0.717) is 0 Å². The Hall–Kier alpha value is 1.99. The molecule has 0 heterocycles. The van der Waals surface area contributed by atoms with Crippen molar-refractivity contribution in [3.05, 3.63) is 0 Å². The van der Waals surface area contributed by atoms with E-state index >= 15 is 0 Å². The van der Waals surface area contributed by atoms with Gasteiger partial charge in [-0.3, -0.25) is 0 Å². The molecule has 4 heavy (non-hydrogen) atoms. The van der Waals surface area contributed by atoms with Crippen LogP contribution in [0.1, 0.15) is 0 Å². The topological polar surface area (TPSA) is 0 Å². The van der Waals surface area contributed by atoms with Gasteiger partial charge in [-0.15, -0.1) is 0 Å². The first-order chi connectivity index (χ1) is 0. The average molecular weight is 214 g/mol. The Morgan fingerprint density at radius 2 is 1.00 bits per heavy atom. The molecule has 0 nitrogen and oxygen atoms in total. The molecular weight excluding hydrogens is 212 g/mol. The van der Waals surface area contributed by atoms with E-state index in [1.807, 2.05) is 0 Å². The predicted octanol–water partition coefficient (Wildman–Crippen LogP) is 0.105. The van der Waals surface area contributed by atoms with Crippen LogP contribution in [0.25, 0.3) is 0 Å². The summed E-state index contributed by atoms with van der Waals surface area (Å²) in [6.07, 6.45) is 0. The fourth-order valence-electron chi connectivity index (χ4n) is 0. The van der Waals surface area contributed by atoms with Crippen molar-refractivity contribution in [2.45, 2.75) is 0 Å². The van der Waals surface area contributed by atoms with Crippen molar-refractivity contribution in [3.8, 4) is 0 Å². The van der Waals surface area contributed by atoms with Crippen LogP contribution in [0, 0.1) is 0 Å². The Morgan fingerprint density at radius 1 is 1.00 bits per heavy atom. The van der Waals surface area contributed by atoms with E-state index in [1.54, 1.807) is 0 Å². The van der Waals surface area contributed by atoms with Gasteiger partial charge in [0.25, 0.3) is 0 Å². The normalized spacial score (nSPS) is 0. The molecule has 0 aromatic carbocycles. The van der Waals surface area contributed by atoms with Gasteiger partial charge in [0.05, 0.1) is 0 Å². The summed E-state index contributed by atoms with van der Waals surface area (Å²) in [5.74, 6) is 0.